The van der Waals surface area contributed by atoms with Crippen molar-refractivity contribution in [3.05, 3.63) is 77.8 Å². The first kappa shape index (κ1) is 15.9. The fraction of sp³-hybridized carbons (Fsp3) is 0.105. The molecule has 2 N–H and O–H groups in total. The zero-order chi connectivity index (χ0) is 17.9. The molecule has 26 heavy (non-hydrogen) atoms. The molecule has 0 atom stereocenters. The van der Waals surface area contributed by atoms with Crippen LogP contribution in [0.15, 0.2) is 65.4 Å². The highest BCUT2D eigenvalue weighted by atomic mass is 16.3. The van der Waals surface area contributed by atoms with Gasteiger partial charge in [-0.15, -0.1) is 0 Å². The van der Waals surface area contributed by atoms with Crippen molar-refractivity contribution in [1.29, 1.82) is 0 Å². The monoisotopic (exact) mass is 347 g/mol. The van der Waals surface area contributed by atoms with Crippen molar-refractivity contribution in [3.63, 3.8) is 0 Å². The van der Waals surface area contributed by atoms with E-state index in [4.69, 9.17) is 4.42 Å². The fourth-order valence-electron chi connectivity index (χ4n) is 2.69. The number of amides is 1. The molecule has 0 fully saturated rings. The van der Waals surface area contributed by atoms with Gasteiger partial charge in [0.05, 0.1) is 12.8 Å². The molecule has 3 aromatic heterocycles. The van der Waals surface area contributed by atoms with Crippen molar-refractivity contribution in [2.45, 2.75) is 13.5 Å². The molecule has 0 aliphatic carbocycles. The lowest BCUT2D eigenvalue weighted by molar-refractivity contribution is 0.102. The van der Waals surface area contributed by atoms with Crippen LogP contribution >= 0.6 is 0 Å². The SMILES string of the molecule is Cc1cccc(Cn2ccc(NC(=O)c3cc(-c4ccco4)[nH]n3)n2)c1. The lowest BCUT2D eigenvalue weighted by Gasteiger charge is -2.03. The number of H-pyrrole nitrogens is 1. The number of nitrogens with zero attached hydrogens (tertiary/aromatic N) is 3. The second-order valence-corrected chi connectivity index (χ2v) is 5.99. The minimum absolute atomic E-state index is 0.268. The highest BCUT2D eigenvalue weighted by Gasteiger charge is 2.14. The van der Waals surface area contributed by atoms with Gasteiger partial charge in [0, 0.05) is 18.3 Å². The molecule has 4 aromatic rings. The standard InChI is InChI=1S/C19H17N5O2/c1-13-4-2-5-14(10-13)12-24-8-7-18(23-24)20-19(25)16-11-15(21-22-16)17-6-3-9-26-17/h2-11H,12H2,1H3,(H,21,22)(H,20,23,25). The van der Waals surface area contributed by atoms with E-state index in [0.717, 1.165) is 5.56 Å². The quantitative estimate of drug-likeness (QED) is 0.578. The summed E-state index contributed by atoms with van der Waals surface area (Å²) in [4.78, 5) is 12.3. The van der Waals surface area contributed by atoms with Gasteiger partial charge < -0.3 is 9.73 Å². The zero-order valence-corrected chi connectivity index (χ0v) is 14.1. The van der Waals surface area contributed by atoms with Crippen molar-refractivity contribution in [2.75, 3.05) is 5.32 Å². The molecule has 0 saturated carbocycles. The van der Waals surface area contributed by atoms with E-state index < -0.39 is 0 Å². The number of rotatable bonds is 5. The molecule has 130 valence electrons. The number of carbonyl (C=O) groups is 1. The number of aromatic amines is 1. The fourth-order valence-corrected chi connectivity index (χ4v) is 2.69. The Labute approximate surface area is 149 Å². The maximum Gasteiger partial charge on any atom is 0.277 e. The molecule has 1 aromatic carbocycles. The van der Waals surface area contributed by atoms with Crippen molar-refractivity contribution in [3.8, 4) is 11.5 Å². The number of hydrogen-bond donors (Lipinski definition) is 2. The van der Waals surface area contributed by atoms with Gasteiger partial charge in [-0.2, -0.15) is 10.2 Å². The van der Waals surface area contributed by atoms with Crippen LogP contribution in [0.3, 0.4) is 0 Å². The second-order valence-electron chi connectivity index (χ2n) is 5.99. The van der Waals surface area contributed by atoms with Crippen LogP contribution in [0.4, 0.5) is 5.82 Å². The van der Waals surface area contributed by atoms with E-state index in [9.17, 15) is 4.79 Å². The van der Waals surface area contributed by atoms with Crippen LogP contribution in [0.5, 0.6) is 0 Å². The molecule has 0 spiro atoms. The Bertz CT molecular complexity index is 1030. The van der Waals surface area contributed by atoms with Gasteiger partial charge in [-0.1, -0.05) is 29.8 Å². The average molecular weight is 347 g/mol. The van der Waals surface area contributed by atoms with Crippen LogP contribution < -0.4 is 5.32 Å². The van der Waals surface area contributed by atoms with Crippen LogP contribution in [-0.4, -0.2) is 25.9 Å². The van der Waals surface area contributed by atoms with Crippen LogP contribution in [0.1, 0.15) is 21.6 Å². The number of benzene rings is 1. The normalized spacial score (nSPS) is 10.8. The summed E-state index contributed by atoms with van der Waals surface area (Å²) in [6, 6.07) is 15.2. The van der Waals surface area contributed by atoms with Gasteiger partial charge in [-0.05, 0) is 24.6 Å². The zero-order valence-electron chi connectivity index (χ0n) is 14.1. The van der Waals surface area contributed by atoms with Gasteiger partial charge in [0.25, 0.3) is 5.91 Å². The van der Waals surface area contributed by atoms with Gasteiger partial charge in [0.15, 0.2) is 17.3 Å². The molecule has 0 radical (unpaired) electrons. The van der Waals surface area contributed by atoms with Crippen LogP contribution in [0.25, 0.3) is 11.5 Å². The summed E-state index contributed by atoms with van der Waals surface area (Å²) >= 11 is 0. The van der Waals surface area contributed by atoms with Gasteiger partial charge in [-0.25, -0.2) is 0 Å². The summed E-state index contributed by atoms with van der Waals surface area (Å²) in [5, 5.41) is 13.9. The Morgan fingerprint density at radius 2 is 2.15 bits per heavy atom. The highest BCUT2D eigenvalue weighted by Crippen LogP contribution is 2.18. The summed E-state index contributed by atoms with van der Waals surface area (Å²) < 4.78 is 7.06. The smallest absolute Gasteiger partial charge is 0.277 e. The van der Waals surface area contributed by atoms with E-state index in [1.807, 2.05) is 18.3 Å². The van der Waals surface area contributed by atoms with Crippen LogP contribution in [-0.2, 0) is 6.54 Å². The third kappa shape index (κ3) is 3.41. The summed E-state index contributed by atoms with van der Waals surface area (Å²) in [6.45, 7) is 2.70. The van der Waals surface area contributed by atoms with Gasteiger partial charge in [-0.3, -0.25) is 14.6 Å². The molecule has 3 heterocycles. The molecular weight excluding hydrogens is 330 g/mol. The number of nitrogens with one attached hydrogen (secondary N) is 2. The molecule has 7 heteroatoms. The third-order valence-corrected chi connectivity index (χ3v) is 3.91. The minimum Gasteiger partial charge on any atom is -0.463 e. The Morgan fingerprint density at radius 1 is 1.23 bits per heavy atom. The van der Waals surface area contributed by atoms with Gasteiger partial charge >= 0.3 is 0 Å². The highest BCUT2D eigenvalue weighted by molar-refractivity contribution is 6.02. The Kier molecular flexibility index (Phi) is 4.10. The van der Waals surface area contributed by atoms with E-state index in [1.165, 1.54) is 5.56 Å². The summed E-state index contributed by atoms with van der Waals surface area (Å²) in [5.74, 6) is 0.768. The predicted molar refractivity (Wildman–Crippen MR) is 96.8 cm³/mol. The molecule has 0 unspecified atom stereocenters. The van der Waals surface area contributed by atoms with E-state index in [2.05, 4.69) is 39.7 Å². The molecule has 1 amide bonds. The summed E-state index contributed by atoms with van der Waals surface area (Å²) in [5.41, 5.74) is 3.27. The number of furan rings is 1. The van der Waals surface area contributed by atoms with E-state index in [-0.39, 0.29) is 11.6 Å². The largest absolute Gasteiger partial charge is 0.463 e. The van der Waals surface area contributed by atoms with Crippen molar-refractivity contribution >= 4 is 11.7 Å². The number of hydrogen-bond acceptors (Lipinski definition) is 4. The molecule has 7 nitrogen and oxygen atoms in total. The third-order valence-electron chi connectivity index (χ3n) is 3.91. The summed E-state index contributed by atoms with van der Waals surface area (Å²) in [7, 11) is 0. The molecule has 0 aliphatic heterocycles. The van der Waals surface area contributed by atoms with Crippen molar-refractivity contribution in [1.82, 2.24) is 20.0 Å². The van der Waals surface area contributed by atoms with E-state index in [1.54, 1.807) is 35.2 Å². The lowest BCUT2D eigenvalue weighted by Crippen LogP contribution is -2.13. The maximum absolute atomic E-state index is 12.3. The van der Waals surface area contributed by atoms with E-state index in [0.29, 0.717) is 23.8 Å². The minimum atomic E-state index is -0.333. The molecule has 0 saturated heterocycles. The van der Waals surface area contributed by atoms with Gasteiger partial charge in [0.2, 0.25) is 0 Å². The Balaban J connectivity index is 1.43. The molecule has 4 rings (SSSR count). The number of carbonyl (C=O) groups excluding carboxylic acids is 1. The van der Waals surface area contributed by atoms with Gasteiger partial charge in [0.1, 0.15) is 5.69 Å². The van der Waals surface area contributed by atoms with Crippen molar-refractivity contribution in [2.24, 2.45) is 0 Å². The van der Waals surface area contributed by atoms with E-state index >= 15 is 0 Å². The Morgan fingerprint density at radius 3 is 2.96 bits per heavy atom. The average Bonchev–Trinajstić information content (AvgIpc) is 3.36. The second kappa shape index (κ2) is 6.72. The molecular formula is C19H17N5O2. The van der Waals surface area contributed by atoms with Crippen LogP contribution in [0.2, 0.25) is 0 Å². The molecule has 0 bridgehead atoms. The predicted octanol–water partition coefficient (Wildman–Crippen LogP) is 3.48. The number of aromatic nitrogens is 4. The lowest BCUT2D eigenvalue weighted by atomic mass is 10.1. The van der Waals surface area contributed by atoms with Crippen molar-refractivity contribution < 1.29 is 9.21 Å². The topological polar surface area (TPSA) is 88.7 Å². The first-order valence-corrected chi connectivity index (χ1v) is 8.17. The van der Waals surface area contributed by atoms with Crippen LogP contribution in [0, 0.1) is 6.92 Å². The summed E-state index contributed by atoms with van der Waals surface area (Å²) in [6.07, 6.45) is 3.40. The first-order chi connectivity index (χ1) is 12.7. The number of anilines is 1. The maximum atomic E-state index is 12.3. The first-order valence-electron chi connectivity index (χ1n) is 8.17. The number of aryl methyl sites for hydroxylation is 1. The molecule has 0 aliphatic rings. The Hall–Kier alpha value is -3.61.